The van der Waals surface area contributed by atoms with Crippen molar-refractivity contribution in [3.63, 3.8) is 0 Å². The molecule has 2 nitrogen and oxygen atoms in total. The normalized spacial score (nSPS) is 12.8. The van der Waals surface area contributed by atoms with Crippen LogP contribution in [0.25, 0.3) is 0 Å². The van der Waals surface area contributed by atoms with Gasteiger partial charge in [-0.05, 0) is 18.6 Å². The third-order valence-corrected chi connectivity index (χ3v) is 2.26. The van der Waals surface area contributed by atoms with Crippen molar-refractivity contribution in [3.05, 3.63) is 29.8 Å². The average Bonchev–Trinajstić information content (AvgIpc) is 2.09. The van der Waals surface area contributed by atoms with Crippen molar-refractivity contribution in [3.8, 4) is 0 Å². The molecule has 0 heterocycles. The Kier molecular flexibility index (Phi) is 3.51. The molecule has 2 unspecified atom stereocenters. The number of rotatable bonds is 3. The molecule has 0 bridgehead atoms. The van der Waals surface area contributed by atoms with Gasteiger partial charge in [-0.25, -0.2) is 0 Å². The molecule has 0 aliphatic heterocycles. The van der Waals surface area contributed by atoms with Gasteiger partial charge in [-0.3, -0.25) is 0 Å². The van der Waals surface area contributed by atoms with Crippen LogP contribution in [0.3, 0.4) is 0 Å². The topological polar surface area (TPSA) is 35.2 Å². The van der Waals surface area contributed by atoms with Gasteiger partial charge in [0.25, 0.3) is 0 Å². The Hall–Kier alpha value is -0.590. The second-order valence-electron chi connectivity index (χ2n) is 2.85. The Labute approximate surface area is 75.4 Å². The summed E-state index contributed by atoms with van der Waals surface area (Å²) in [7, 11) is 2.26. The second kappa shape index (κ2) is 4.44. The highest BCUT2D eigenvalue weighted by atomic mass is 31.0. The quantitative estimate of drug-likeness (QED) is 0.574. The van der Waals surface area contributed by atoms with Crippen LogP contribution in [0.4, 0.5) is 5.69 Å². The van der Waals surface area contributed by atoms with Crippen molar-refractivity contribution in [1.29, 1.82) is 0 Å². The first-order valence-electron chi connectivity index (χ1n) is 3.93. The van der Waals surface area contributed by atoms with Crippen LogP contribution in [0, 0.1) is 0 Å². The zero-order chi connectivity index (χ0) is 8.97. The Morgan fingerprint density at radius 3 is 2.75 bits per heavy atom. The molecule has 0 fully saturated rings. The predicted octanol–water partition coefficient (Wildman–Crippen LogP) is 2.01. The van der Waals surface area contributed by atoms with Crippen molar-refractivity contribution >= 4 is 15.2 Å². The lowest BCUT2D eigenvalue weighted by Crippen LogP contribution is -2.07. The van der Waals surface area contributed by atoms with Crippen molar-refractivity contribution in [2.75, 3.05) is 5.73 Å². The van der Waals surface area contributed by atoms with E-state index in [2.05, 4.69) is 9.47 Å². The smallest absolute Gasteiger partial charge is 0.0623 e. The monoisotopic (exact) mass is 183 g/mol. The van der Waals surface area contributed by atoms with Gasteiger partial charge in [0.15, 0.2) is 0 Å². The molecule has 0 aliphatic carbocycles. The van der Waals surface area contributed by atoms with E-state index in [0.29, 0.717) is 0 Å². The lowest BCUT2D eigenvalue weighted by Gasteiger charge is -2.10. The number of hydrogen-bond donors (Lipinski definition) is 1. The molecular formula is C9H14NOP. The van der Waals surface area contributed by atoms with E-state index in [9.17, 15) is 0 Å². The zero-order valence-corrected chi connectivity index (χ0v) is 8.31. The third-order valence-electron chi connectivity index (χ3n) is 1.79. The molecule has 2 N–H and O–H groups in total. The molecule has 0 saturated heterocycles. The molecule has 2 atom stereocenters. The van der Waals surface area contributed by atoms with E-state index in [-0.39, 0.29) is 6.10 Å². The second-order valence-corrected chi connectivity index (χ2v) is 3.12. The van der Waals surface area contributed by atoms with Gasteiger partial charge >= 0.3 is 0 Å². The van der Waals surface area contributed by atoms with Gasteiger partial charge in [-0.1, -0.05) is 18.2 Å². The van der Waals surface area contributed by atoms with E-state index in [1.54, 1.807) is 0 Å². The third kappa shape index (κ3) is 2.47. The molecular weight excluding hydrogens is 169 g/mol. The molecule has 0 saturated carbocycles. The molecule has 0 aromatic heterocycles. The van der Waals surface area contributed by atoms with Gasteiger partial charge in [-0.15, -0.1) is 0 Å². The molecule has 0 amide bonds. The first-order valence-corrected chi connectivity index (χ1v) is 4.40. The lowest BCUT2D eigenvalue weighted by atomic mass is 10.1. The van der Waals surface area contributed by atoms with Crippen LogP contribution in [0.15, 0.2) is 24.3 Å². The van der Waals surface area contributed by atoms with Crippen LogP contribution in [0.2, 0.25) is 0 Å². The fourth-order valence-electron chi connectivity index (χ4n) is 1.08. The first kappa shape index (κ1) is 9.50. The van der Waals surface area contributed by atoms with Gasteiger partial charge in [0.2, 0.25) is 0 Å². The SMILES string of the molecule is CC(Cc1ccccc1N)OP. The largest absolute Gasteiger partial charge is 0.399 e. The Morgan fingerprint density at radius 2 is 2.17 bits per heavy atom. The molecule has 3 heteroatoms. The minimum absolute atomic E-state index is 0.194. The fourth-order valence-corrected chi connectivity index (χ4v) is 1.17. The van der Waals surface area contributed by atoms with Gasteiger partial charge in [0.1, 0.15) is 0 Å². The van der Waals surface area contributed by atoms with Crippen molar-refractivity contribution < 1.29 is 4.52 Å². The van der Waals surface area contributed by atoms with Crippen LogP contribution >= 0.6 is 9.47 Å². The summed E-state index contributed by atoms with van der Waals surface area (Å²) in [5.74, 6) is 0. The molecule has 1 aromatic rings. The van der Waals surface area contributed by atoms with E-state index < -0.39 is 0 Å². The number of nitrogen functional groups attached to an aromatic ring is 1. The highest BCUT2D eigenvalue weighted by Crippen LogP contribution is 2.14. The Bertz CT molecular complexity index is 252. The summed E-state index contributed by atoms with van der Waals surface area (Å²) in [6, 6.07) is 7.85. The van der Waals surface area contributed by atoms with Gasteiger partial charge in [0, 0.05) is 21.6 Å². The standard InChI is InChI=1S/C9H14NOP/c1-7(11-12)6-8-4-2-3-5-9(8)10/h2-5,7H,6,10,12H2,1H3. The number of hydrogen-bond acceptors (Lipinski definition) is 2. The maximum Gasteiger partial charge on any atom is 0.0623 e. The summed E-state index contributed by atoms with van der Waals surface area (Å²) in [5.41, 5.74) is 7.75. The Morgan fingerprint density at radius 1 is 1.50 bits per heavy atom. The van der Waals surface area contributed by atoms with Crippen molar-refractivity contribution in [2.24, 2.45) is 0 Å². The van der Waals surface area contributed by atoms with Gasteiger partial charge in [0.05, 0.1) is 6.10 Å². The maximum absolute atomic E-state index is 5.76. The Balaban J connectivity index is 2.69. The maximum atomic E-state index is 5.76. The van der Waals surface area contributed by atoms with E-state index >= 15 is 0 Å². The first-order chi connectivity index (χ1) is 5.74. The summed E-state index contributed by atoms with van der Waals surface area (Å²) >= 11 is 0. The molecule has 1 aromatic carbocycles. The molecule has 1 rings (SSSR count). The number of anilines is 1. The summed E-state index contributed by atoms with van der Waals surface area (Å²) in [6.07, 6.45) is 1.05. The number of para-hydroxylation sites is 1. The van der Waals surface area contributed by atoms with Crippen molar-refractivity contribution in [2.45, 2.75) is 19.4 Å². The van der Waals surface area contributed by atoms with Crippen LogP contribution in [-0.4, -0.2) is 6.10 Å². The minimum Gasteiger partial charge on any atom is -0.399 e. The predicted molar refractivity (Wildman–Crippen MR) is 54.8 cm³/mol. The van der Waals surface area contributed by atoms with Crippen LogP contribution in [0.5, 0.6) is 0 Å². The summed E-state index contributed by atoms with van der Waals surface area (Å²) in [5, 5.41) is 0. The number of benzene rings is 1. The summed E-state index contributed by atoms with van der Waals surface area (Å²) in [4.78, 5) is 0. The van der Waals surface area contributed by atoms with Crippen LogP contribution < -0.4 is 5.73 Å². The molecule has 12 heavy (non-hydrogen) atoms. The van der Waals surface area contributed by atoms with Gasteiger partial charge in [-0.2, -0.15) is 0 Å². The molecule has 0 spiro atoms. The molecule has 66 valence electrons. The summed E-state index contributed by atoms with van der Waals surface area (Å²) < 4.78 is 5.07. The zero-order valence-electron chi connectivity index (χ0n) is 7.16. The van der Waals surface area contributed by atoms with E-state index in [1.165, 1.54) is 0 Å². The summed E-state index contributed by atoms with van der Waals surface area (Å²) in [6.45, 7) is 2.01. The van der Waals surface area contributed by atoms with Gasteiger partial charge < -0.3 is 10.3 Å². The fraction of sp³-hybridized carbons (Fsp3) is 0.333. The van der Waals surface area contributed by atoms with E-state index in [1.807, 2.05) is 31.2 Å². The minimum atomic E-state index is 0.194. The average molecular weight is 183 g/mol. The highest BCUT2D eigenvalue weighted by Gasteiger charge is 2.03. The molecule has 0 aliphatic rings. The van der Waals surface area contributed by atoms with Crippen molar-refractivity contribution in [1.82, 2.24) is 0 Å². The van der Waals surface area contributed by atoms with Crippen LogP contribution in [0.1, 0.15) is 12.5 Å². The highest BCUT2D eigenvalue weighted by molar-refractivity contribution is 7.09. The number of nitrogens with two attached hydrogens (primary N) is 1. The van der Waals surface area contributed by atoms with E-state index in [0.717, 1.165) is 17.7 Å². The van der Waals surface area contributed by atoms with E-state index in [4.69, 9.17) is 10.3 Å². The molecule has 0 radical (unpaired) electrons. The lowest BCUT2D eigenvalue weighted by molar-refractivity contribution is 0.263. The van der Waals surface area contributed by atoms with Crippen LogP contribution in [-0.2, 0) is 10.9 Å².